The van der Waals surface area contributed by atoms with Crippen LogP contribution in [-0.4, -0.2) is 9.91 Å². The molecule has 6 heteroatoms. The molecule has 0 atom stereocenters. The second-order valence-corrected chi connectivity index (χ2v) is 4.24. The van der Waals surface area contributed by atoms with Crippen molar-refractivity contribution in [3.05, 3.63) is 39.3 Å². The molecular weight excluding hydrogens is 226 g/mol. The van der Waals surface area contributed by atoms with Gasteiger partial charge in [0.15, 0.2) is 0 Å². The summed E-state index contributed by atoms with van der Waals surface area (Å²) in [6.45, 7) is 1.93. The molecule has 0 spiro atoms. The Labute approximate surface area is 95.7 Å². The summed E-state index contributed by atoms with van der Waals surface area (Å²) in [7, 11) is 0. The van der Waals surface area contributed by atoms with Crippen LogP contribution in [0.5, 0.6) is 0 Å². The van der Waals surface area contributed by atoms with Crippen LogP contribution in [0.25, 0.3) is 10.6 Å². The van der Waals surface area contributed by atoms with Crippen LogP contribution in [-0.2, 0) is 0 Å². The van der Waals surface area contributed by atoms with Crippen molar-refractivity contribution < 1.29 is 4.92 Å². The Morgan fingerprint density at radius 2 is 2.25 bits per heavy atom. The lowest BCUT2D eigenvalue weighted by Crippen LogP contribution is -1.96. The van der Waals surface area contributed by atoms with Gasteiger partial charge in [-0.2, -0.15) is 0 Å². The number of nitrogens with two attached hydrogens (primary N) is 1. The zero-order valence-electron chi connectivity index (χ0n) is 8.51. The summed E-state index contributed by atoms with van der Waals surface area (Å²) >= 11 is 1.49. The summed E-state index contributed by atoms with van der Waals surface area (Å²) in [4.78, 5) is 15.2. The molecule has 5 nitrogen and oxygen atoms in total. The van der Waals surface area contributed by atoms with Crippen LogP contribution in [0.15, 0.2) is 23.6 Å². The molecule has 0 radical (unpaired) electrons. The van der Waals surface area contributed by atoms with E-state index in [1.165, 1.54) is 23.5 Å². The highest BCUT2D eigenvalue weighted by molar-refractivity contribution is 7.13. The fourth-order valence-electron chi connectivity index (χ4n) is 1.39. The second-order valence-electron chi connectivity index (χ2n) is 3.33. The van der Waals surface area contributed by atoms with Crippen LogP contribution < -0.4 is 5.73 Å². The molecule has 0 saturated carbocycles. The fraction of sp³-hybridized carbons (Fsp3) is 0.100. The van der Waals surface area contributed by atoms with Crippen molar-refractivity contribution in [2.24, 2.45) is 0 Å². The maximum Gasteiger partial charge on any atom is 0.275 e. The number of anilines is 1. The summed E-state index contributed by atoms with van der Waals surface area (Å²) in [5, 5.41) is 12.6. The molecule has 2 heterocycles. The number of nitro groups is 1. The molecule has 0 aliphatic carbocycles. The standard InChI is InChI=1S/C10H9N3O2S/c1-6-2-3-16-10(6)8-4-7(13(14)15)5-9(11)12-8/h2-5H,1H3,(H2,11,12). The van der Waals surface area contributed by atoms with Gasteiger partial charge in [-0.25, -0.2) is 4.98 Å². The summed E-state index contributed by atoms with van der Waals surface area (Å²) in [6.07, 6.45) is 0. The number of hydrogen-bond donors (Lipinski definition) is 1. The van der Waals surface area contributed by atoms with E-state index < -0.39 is 4.92 Å². The van der Waals surface area contributed by atoms with Crippen molar-refractivity contribution in [3.8, 4) is 10.6 Å². The first kappa shape index (κ1) is 10.6. The number of aromatic nitrogens is 1. The molecule has 0 bridgehead atoms. The average molecular weight is 235 g/mol. The first-order valence-corrected chi connectivity index (χ1v) is 5.42. The van der Waals surface area contributed by atoms with Gasteiger partial charge in [0.2, 0.25) is 0 Å². The van der Waals surface area contributed by atoms with Gasteiger partial charge in [-0.05, 0) is 23.9 Å². The third-order valence-corrected chi connectivity index (χ3v) is 3.17. The molecule has 0 aliphatic heterocycles. The molecule has 0 fully saturated rings. The van der Waals surface area contributed by atoms with Crippen LogP contribution in [0.4, 0.5) is 11.5 Å². The van der Waals surface area contributed by atoms with Gasteiger partial charge in [-0.1, -0.05) is 0 Å². The van der Waals surface area contributed by atoms with Crippen molar-refractivity contribution in [2.75, 3.05) is 5.73 Å². The molecule has 2 rings (SSSR count). The van der Waals surface area contributed by atoms with Gasteiger partial charge >= 0.3 is 0 Å². The maximum absolute atomic E-state index is 10.7. The highest BCUT2D eigenvalue weighted by Gasteiger charge is 2.13. The normalized spacial score (nSPS) is 10.3. The van der Waals surface area contributed by atoms with Gasteiger partial charge in [-0.15, -0.1) is 11.3 Å². The quantitative estimate of drug-likeness (QED) is 0.640. The van der Waals surface area contributed by atoms with Crippen LogP contribution in [0.1, 0.15) is 5.56 Å². The highest BCUT2D eigenvalue weighted by atomic mass is 32.1. The summed E-state index contributed by atoms with van der Waals surface area (Å²) < 4.78 is 0. The van der Waals surface area contributed by atoms with Gasteiger partial charge in [0.25, 0.3) is 5.69 Å². The predicted octanol–water partition coefficient (Wildman–Crippen LogP) is 2.61. The summed E-state index contributed by atoms with van der Waals surface area (Å²) in [6, 6.07) is 4.64. The van der Waals surface area contributed by atoms with Crippen molar-refractivity contribution in [3.63, 3.8) is 0 Å². The Bertz CT molecular complexity index is 551. The maximum atomic E-state index is 10.7. The second kappa shape index (κ2) is 3.90. The van der Waals surface area contributed by atoms with Crippen LogP contribution in [0.3, 0.4) is 0 Å². The number of aryl methyl sites for hydroxylation is 1. The number of nitrogens with zero attached hydrogens (tertiary/aromatic N) is 2. The Kier molecular flexibility index (Phi) is 2.57. The summed E-state index contributed by atoms with van der Waals surface area (Å²) in [5.41, 5.74) is 7.10. The van der Waals surface area contributed by atoms with E-state index in [0.29, 0.717) is 5.69 Å². The first-order chi connectivity index (χ1) is 7.58. The molecule has 0 unspecified atom stereocenters. The number of thiophene rings is 1. The smallest absolute Gasteiger partial charge is 0.275 e. The topological polar surface area (TPSA) is 82.0 Å². The van der Waals surface area contributed by atoms with Gasteiger partial charge in [0, 0.05) is 6.07 Å². The molecule has 0 aromatic carbocycles. The molecule has 2 N–H and O–H groups in total. The minimum Gasteiger partial charge on any atom is -0.383 e. The van der Waals surface area contributed by atoms with E-state index in [1.807, 2.05) is 18.4 Å². The molecule has 0 aliphatic rings. The fourth-order valence-corrected chi connectivity index (χ4v) is 2.28. The van der Waals surface area contributed by atoms with Crippen molar-refractivity contribution in [1.29, 1.82) is 0 Å². The van der Waals surface area contributed by atoms with Gasteiger partial charge < -0.3 is 5.73 Å². The molecule has 16 heavy (non-hydrogen) atoms. The molecule has 2 aromatic rings. The van der Waals surface area contributed by atoms with Gasteiger partial charge in [-0.3, -0.25) is 10.1 Å². The Balaban J connectivity index is 2.58. The summed E-state index contributed by atoms with van der Waals surface area (Å²) in [5.74, 6) is 0.164. The van der Waals surface area contributed by atoms with E-state index in [4.69, 9.17) is 5.73 Å². The zero-order valence-corrected chi connectivity index (χ0v) is 9.32. The van der Waals surface area contributed by atoms with E-state index >= 15 is 0 Å². The van der Waals surface area contributed by atoms with Gasteiger partial charge in [0.05, 0.1) is 21.6 Å². The lowest BCUT2D eigenvalue weighted by atomic mass is 10.2. The van der Waals surface area contributed by atoms with E-state index in [-0.39, 0.29) is 11.5 Å². The lowest BCUT2D eigenvalue weighted by Gasteiger charge is -2.01. The van der Waals surface area contributed by atoms with E-state index in [9.17, 15) is 10.1 Å². The number of pyridine rings is 1. The van der Waals surface area contributed by atoms with Gasteiger partial charge in [0.1, 0.15) is 5.82 Å². The third-order valence-electron chi connectivity index (χ3n) is 2.14. The lowest BCUT2D eigenvalue weighted by molar-refractivity contribution is -0.384. The van der Waals surface area contributed by atoms with Crippen molar-refractivity contribution in [2.45, 2.75) is 6.92 Å². The minimum atomic E-state index is -0.468. The molecular formula is C10H9N3O2S. The van der Waals surface area contributed by atoms with Crippen LogP contribution >= 0.6 is 11.3 Å². The minimum absolute atomic E-state index is 0.0321. The monoisotopic (exact) mass is 235 g/mol. The molecule has 2 aromatic heterocycles. The Morgan fingerprint density at radius 1 is 1.50 bits per heavy atom. The van der Waals surface area contributed by atoms with Crippen LogP contribution in [0, 0.1) is 17.0 Å². The third kappa shape index (κ3) is 1.87. The predicted molar refractivity (Wildman–Crippen MR) is 63.4 cm³/mol. The SMILES string of the molecule is Cc1ccsc1-c1cc([N+](=O)[O-])cc(N)n1. The number of hydrogen-bond acceptors (Lipinski definition) is 5. The Morgan fingerprint density at radius 3 is 2.81 bits per heavy atom. The first-order valence-electron chi connectivity index (χ1n) is 4.54. The van der Waals surface area contributed by atoms with E-state index in [1.54, 1.807) is 0 Å². The van der Waals surface area contributed by atoms with E-state index in [0.717, 1.165) is 10.4 Å². The zero-order chi connectivity index (χ0) is 11.7. The number of rotatable bonds is 2. The van der Waals surface area contributed by atoms with E-state index in [2.05, 4.69) is 4.98 Å². The Hall–Kier alpha value is -1.95. The molecule has 0 amide bonds. The number of nitrogen functional groups attached to an aromatic ring is 1. The van der Waals surface area contributed by atoms with Crippen LogP contribution in [0.2, 0.25) is 0 Å². The van der Waals surface area contributed by atoms with Crippen molar-refractivity contribution in [1.82, 2.24) is 4.98 Å². The average Bonchev–Trinajstić information content (AvgIpc) is 2.63. The molecule has 82 valence electrons. The highest BCUT2D eigenvalue weighted by Crippen LogP contribution is 2.30. The van der Waals surface area contributed by atoms with Crippen molar-refractivity contribution >= 4 is 22.8 Å². The molecule has 0 saturated heterocycles. The largest absolute Gasteiger partial charge is 0.383 e.